The first-order valence-electron chi connectivity index (χ1n) is 5.48. The van der Waals surface area contributed by atoms with E-state index in [1.54, 1.807) is 19.1 Å². The Bertz CT molecular complexity index is 574. The fourth-order valence-electron chi connectivity index (χ4n) is 1.47. The van der Waals surface area contributed by atoms with Gasteiger partial charge in [0.15, 0.2) is 0 Å². The van der Waals surface area contributed by atoms with Crippen LogP contribution in [0.2, 0.25) is 0 Å². The summed E-state index contributed by atoms with van der Waals surface area (Å²) in [4.78, 5) is 11.0. The minimum Gasteiger partial charge on any atom is -0.480 e. The first-order chi connectivity index (χ1) is 8.77. The first-order valence-corrected chi connectivity index (χ1v) is 8.55. The van der Waals surface area contributed by atoms with Gasteiger partial charge in [0.1, 0.15) is 6.04 Å². The highest BCUT2D eigenvalue weighted by atomic mass is 79.9. The topological polar surface area (TPSA) is 83.5 Å². The summed E-state index contributed by atoms with van der Waals surface area (Å²) in [5.74, 6) is -1.18. The van der Waals surface area contributed by atoms with Crippen LogP contribution in [0.15, 0.2) is 32.0 Å². The third-order valence-electron chi connectivity index (χ3n) is 2.36. The van der Waals surface area contributed by atoms with Crippen LogP contribution in [0.25, 0.3) is 0 Å². The lowest BCUT2D eigenvalue weighted by molar-refractivity contribution is -0.139. The van der Waals surface area contributed by atoms with Crippen molar-refractivity contribution in [2.45, 2.75) is 30.7 Å². The molecule has 0 unspecified atom stereocenters. The van der Waals surface area contributed by atoms with Crippen LogP contribution >= 0.6 is 31.9 Å². The van der Waals surface area contributed by atoms with Gasteiger partial charge in [-0.05, 0) is 40.5 Å². The summed E-state index contributed by atoms with van der Waals surface area (Å²) in [6.07, 6.45) is 0.809. The number of sulfonamides is 1. The molecule has 1 aromatic carbocycles. The van der Waals surface area contributed by atoms with Crippen molar-refractivity contribution in [2.24, 2.45) is 0 Å². The van der Waals surface area contributed by atoms with E-state index in [2.05, 4.69) is 36.6 Å². The van der Waals surface area contributed by atoms with E-state index in [1.165, 1.54) is 6.07 Å². The van der Waals surface area contributed by atoms with Crippen molar-refractivity contribution in [3.8, 4) is 0 Å². The maximum Gasteiger partial charge on any atom is 0.321 e. The van der Waals surface area contributed by atoms with E-state index >= 15 is 0 Å². The molecule has 0 saturated heterocycles. The molecule has 0 radical (unpaired) electrons. The second-order valence-electron chi connectivity index (χ2n) is 3.88. The number of hydrogen-bond donors (Lipinski definition) is 2. The molecule has 1 rings (SSSR count). The van der Waals surface area contributed by atoms with E-state index in [0.29, 0.717) is 10.9 Å². The molecule has 0 aliphatic heterocycles. The largest absolute Gasteiger partial charge is 0.480 e. The molecule has 1 atom stereocenters. The van der Waals surface area contributed by atoms with Crippen LogP contribution in [0.4, 0.5) is 0 Å². The Morgan fingerprint density at radius 2 is 2.05 bits per heavy atom. The molecular weight excluding hydrogens is 402 g/mol. The number of carboxylic acids is 1. The Morgan fingerprint density at radius 1 is 1.42 bits per heavy atom. The second-order valence-corrected chi connectivity index (χ2v) is 7.33. The SMILES string of the molecule is CCC[C@@H](NS(=O)(=O)c1ccc(Br)cc1Br)C(=O)O. The molecule has 0 aromatic heterocycles. The van der Waals surface area contributed by atoms with Crippen LogP contribution in [0.1, 0.15) is 19.8 Å². The van der Waals surface area contributed by atoms with E-state index in [9.17, 15) is 13.2 Å². The quantitative estimate of drug-likeness (QED) is 0.749. The van der Waals surface area contributed by atoms with E-state index < -0.39 is 22.0 Å². The molecule has 5 nitrogen and oxygen atoms in total. The molecule has 0 spiro atoms. The smallest absolute Gasteiger partial charge is 0.321 e. The second kappa shape index (κ2) is 6.83. The molecule has 0 aliphatic carbocycles. The van der Waals surface area contributed by atoms with Crippen LogP contribution in [0.3, 0.4) is 0 Å². The Kier molecular flexibility index (Phi) is 5.97. The molecule has 2 N–H and O–H groups in total. The number of nitrogens with one attached hydrogen (secondary N) is 1. The molecule has 0 fully saturated rings. The van der Waals surface area contributed by atoms with Crippen molar-refractivity contribution < 1.29 is 18.3 Å². The highest BCUT2D eigenvalue weighted by molar-refractivity contribution is 9.11. The first kappa shape index (κ1) is 16.6. The van der Waals surface area contributed by atoms with E-state index in [4.69, 9.17) is 5.11 Å². The highest BCUT2D eigenvalue weighted by Gasteiger charge is 2.26. The molecule has 0 amide bonds. The van der Waals surface area contributed by atoms with Gasteiger partial charge in [-0.1, -0.05) is 29.3 Å². The van der Waals surface area contributed by atoms with Gasteiger partial charge in [0.05, 0.1) is 4.90 Å². The third kappa shape index (κ3) is 4.55. The van der Waals surface area contributed by atoms with Gasteiger partial charge >= 0.3 is 5.97 Å². The minimum absolute atomic E-state index is 0.0121. The Labute approximate surface area is 128 Å². The third-order valence-corrected chi connectivity index (χ3v) is 5.30. The molecule has 0 heterocycles. The van der Waals surface area contributed by atoms with Crippen LogP contribution in [0.5, 0.6) is 0 Å². The van der Waals surface area contributed by atoms with E-state index in [0.717, 1.165) is 4.47 Å². The Hall–Kier alpha value is -0.440. The predicted octanol–water partition coefficient (Wildman–Crippen LogP) is 2.74. The average Bonchev–Trinajstić information content (AvgIpc) is 2.27. The van der Waals surface area contributed by atoms with Crippen LogP contribution in [-0.2, 0) is 14.8 Å². The van der Waals surface area contributed by atoms with E-state index in [-0.39, 0.29) is 11.3 Å². The molecule has 0 saturated carbocycles. The van der Waals surface area contributed by atoms with Crippen molar-refractivity contribution in [3.05, 3.63) is 27.1 Å². The van der Waals surface area contributed by atoms with Crippen molar-refractivity contribution >= 4 is 47.9 Å². The molecular formula is C11H13Br2NO4S. The average molecular weight is 415 g/mol. The van der Waals surface area contributed by atoms with Gasteiger partial charge in [0, 0.05) is 8.95 Å². The lowest BCUT2D eigenvalue weighted by atomic mass is 10.2. The monoisotopic (exact) mass is 413 g/mol. The Balaban J connectivity index is 3.06. The van der Waals surface area contributed by atoms with Crippen LogP contribution < -0.4 is 4.72 Å². The standard InChI is InChI=1S/C11H13Br2NO4S/c1-2-3-9(11(15)16)14-19(17,18)10-5-4-7(12)6-8(10)13/h4-6,9,14H,2-3H2,1H3,(H,15,16)/t9-/m1/s1. The zero-order valence-corrected chi connectivity index (χ0v) is 14.0. The number of halogens is 2. The Morgan fingerprint density at radius 3 is 2.53 bits per heavy atom. The fraction of sp³-hybridized carbons (Fsp3) is 0.364. The molecule has 19 heavy (non-hydrogen) atoms. The van der Waals surface area contributed by atoms with Crippen molar-refractivity contribution in [2.75, 3.05) is 0 Å². The van der Waals surface area contributed by atoms with E-state index in [1.807, 2.05) is 0 Å². The normalized spacial score (nSPS) is 13.2. The number of carbonyl (C=O) groups is 1. The van der Waals surface area contributed by atoms with Gasteiger partial charge in [0.2, 0.25) is 10.0 Å². The summed E-state index contributed by atoms with van der Waals surface area (Å²) in [5.41, 5.74) is 0. The zero-order valence-electron chi connectivity index (χ0n) is 10.1. The van der Waals surface area contributed by atoms with Crippen LogP contribution in [-0.4, -0.2) is 25.5 Å². The summed E-state index contributed by atoms with van der Waals surface area (Å²) in [7, 11) is -3.87. The molecule has 106 valence electrons. The van der Waals surface area contributed by atoms with Gasteiger partial charge in [-0.25, -0.2) is 8.42 Å². The van der Waals surface area contributed by atoms with Gasteiger partial charge < -0.3 is 5.11 Å². The van der Waals surface area contributed by atoms with Gasteiger partial charge in [0.25, 0.3) is 0 Å². The van der Waals surface area contributed by atoms with Crippen LogP contribution in [0, 0.1) is 0 Å². The lowest BCUT2D eigenvalue weighted by Gasteiger charge is -2.14. The summed E-state index contributed by atoms with van der Waals surface area (Å²) in [6, 6.07) is 3.45. The summed E-state index contributed by atoms with van der Waals surface area (Å²) < 4.78 is 27.6. The van der Waals surface area contributed by atoms with Gasteiger partial charge in [-0.3, -0.25) is 4.79 Å². The molecule has 8 heteroatoms. The summed E-state index contributed by atoms with van der Waals surface area (Å²) in [6.45, 7) is 1.79. The minimum atomic E-state index is -3.87. The molecule has 0 aliphatic rings. The summed E-state index contributed by atoms with van der Waals surface area (Å²) >= 11 is 6.37. The van der Waals surface area contributed by atoms with Crippen molar-refractivity contribution in [1.29, 1.82) is 0 Å². The molecule has 0 bridgehead atoms. The number of aliphatic carboxylic acids is 1. The number of hydrogen-bond acceptors (Lipinski definition) is 3. The van der Waals surface area contributed by atoms with Crippen molar-refractivity contribution in [1.82, 2.24) is 4.72 Å². The predicted molar refractivity (Wildman–Crippen MR) is 78.5 cm³/mol. The number of carboxylic acid groups (broad SMARTS) is 1. The van der Waals surface area contributed by atoms with Crippen molar-refractivity contribution in [3.63, 3.8) is 0 Å². The van der Waals surface area contributed by atoms with Gasteiger partial charge in [-0.2, -0.15) is 4.72 Å². The van der Waals surface area contributed by atoms with Gasteiger partial charge in [-0.15, -0.1) is 0 Å². The molecule has 1 aromatic rings. The maximum atomic E-state index is 12.1. The maximum absolute atomic E-state index is 12.1. The zero-order chi connectivity index (χ0) is 14.6. The summed E-state index contributed by atoms with van der Waals surface area (Å²) in [5, 5.41) is 8.98. The number of benzene rings is 1. The number of rotatable bonds is 6. The lowest BCUT2D eigenvalue weighted by Crippen LogP contribution is -2.40. The fourth-order valence-corrected chi connectivity index (χ4v) is 4.43. The highest BCUT2D eigenvalue weighted by Crippen LogP contribution is 2.25.